The van der Waals surface area contributed by atoms with Crippen molar-refractivity contribution in [3.63, 3.8) is 0 Å². The maximum Gasteiger partial charge on any atom is 0.513 e. The number of hydrogen-bond donors (Lipinski definition) is 1. The van der Waals surface area contributed by atoms with E-state index in [1.54, 1.807) is 12.1 Å². The van der Waals surface area contributed by atoms with Crippen LogP contribution in [0.3, 0.4) is 0 Å². The van der Waals surface area contributed by atoms with Gasteiger partial charge in [0.05, 0.1) is 53.4 Å². The van der Waals surface area contributed by atoms with Crippen LogP contribution >= 0.6 is 0 Å². The molecule has 9 nitrogen and oxygen atoms in total. The monoisotopic (exact) mass is 521 g/mol. The largest absolute Gasteiger partial charge is 0.513 e. The number of anilines is 2. The van der Waals surface area contributed by atoms with Gasteiger partial charge < -0.3 is 19.5 Å². The summed E-state index contributed by atoms with van der Waals surface area (Å²) in [6.45, 7) is -1.34. The Morgan fingerprint density at radius 2 is 1.72 bits per heavy atom. The summed E-state index contributed by atoms with van der Waals surface area (Å²) < 4.78 is 78.4. The van der Waals surface area contributed by atoms with Crippen molar-refractivity contribution in [3.8, 4) is 17.6 Å². The zero-order chi connectivity index (χ0) is 25.5. The third kappa shape index (κ3) is 4.75. The lowest BCUT2D eigenvalue weighted by Crippen LogP contribution is -2.52. The molecule has 3 heterocycles. The minimum atomic E-state index is -4.56. The number of aliphatic hydroxyl groups excluding tert-OH is 1. The van der Waals surface area contributed by atoms with Gasteiger partial charge in [0.2, 0.25) is 0 Å². The molecule has 1 fully saturated rings. The summed E-state index contributed by atoms with van der Waals surface area (Å²) >= 11 is 0. The van der Waals surface area contributed by atoms with Crippen LogP contribution in [-0.4, -0.2) is 54.8 Å². The van der Waals surface area contributed by atoms with Crippen LogP contribution in [0.1, 0.15) is 0 Å². The molecule has 3 aromatic rings. The molecule has 3 atom stereocenters. The van der Waals surface area contributed by atoms with Gasteiger partial charge in [-0.1, -0.05) is 24.3 Å². The van der Waals surface area contributed by atoms with E-state index in [1.807, 2.05) is 41.3 Å². The Labute approximate surface area is 204 Å². The summed E-state index contributed by atoms with van der Waals surface area (Å²) in [5.74, 6) is 0.245. The minimum absolute atomic E-state index is 0.0440. The summed E-state index contributed by atoms with van der Waals surface area (Å²) in [6.07, 6.45) is -4.17. The zero-order valence-corrected chi connectivity index (χ0v) is 19.4. The van der Waals surface area contributed by atoms with E-state index in [0.29, 0.717) is 27.6 Å². The first kappa shape index (κ1) is 24.1. The average molecular weight is 521 g/mol. The standard InChI is InChI=1S/C23H20F3N4O5S/c24-23(25,26)14-29-11-16(10-27-29)36(32,33)28-9-15-12-34-13-19(22(15)31)30-17-5-1-3-7-20(17)35-21-8-4-2-6-18(21)30/h1-8,10-11,15,19,22,31H,12-14H2/q+1/t15?,19-,22-/m0/s1. The Kier molecular flexibility index (Phi) is 6.11. The molecular formula is C23H20F3N4O5S+. The van der Waals surface area contributed by atoms with Gasteiger partial charge in [0.15, 0.2) is 16.4 Å². The first-order valence-electron chi connectivity index (χ1n) is 10.8. The second kappa shape index (κ2) is 9.12. The third-order valence-corrected chi connectivity index (χ3v) is 6.93. The van der Waals surface area contributed by atoms with Crippen LogP contribution in [0.15, 0.2) is 65.8 Å². The number of nitrogens with zero attached hydrogens (tertiary/aromatic N) is 4. The lowest BCUT2D eigenvalue weighted by Gasteiger charge is -2.42. The van der Waals surface area contributed by atoms with E-state index < -0.39 is 45.7 Å². The molecule has 0 bridgehead atoms. The SMILES string of the molecule is O=S(=O)([N+]#CC1COC[C@H](N2c3ccccc3Oc3ccccc32)[C@H]1O)c1cnn(CC(F)(F)F)c1. The highest BCUT2D eigenvalue weighted by molar-refractivity contribution is 7.93. The van der Waals surface area contributed by atoms with Crippen LogP contribution in [0.5, 0.6) is 11.5 Å². The predicted octanol–water partition coefficient (Wildman–Crippen LogP) is 3.79. The highest BCUT2D eigenvalue weighted by atomic mass is 32.2. The molecule has 0 spiro atoms. The molecule has 1 aromatic heterocycles. The first-order chi connectivity index (χ1) is 17.1. The van der Waals surface area contributed by atoms with Gasteiger partial charge in [-0.2, -0.15) is 18.3 Å². The number of aliphatic hydroxyl groups is 1. The van der Waals surface area contributed by atoms with Crippen molar-refractivity contribution in [2.24, 2.45) is 5.92 Å². The molecule has 1 saturated heterocycles. The molecule has 0 amide bonds. The highest BCUT2D eigenvalue weighted by Gasteiger charge is 2.42. The number of rotatable bonds is 3. The molecule has 2 aromatic carbocycles. The maximum atomic E-state index is 12.6. The van der Waals surface area contributed by atoms with Gasteiger partial charge >= 0.3 is 22.3 Å². The van der Waals surface area contributed by atoms with Crippen LogP contribution in [0.2, 0.25) is 0 Å². The summed E-state index contributed by atoms with van der Waals surface area (Å²) in [5, 5.41) is 14.6. The van der Waals surface area contributed by atoms with Gasteiger partial charge in [-0.25, -0.2) is 0 Å². The van der Waals surface area contributed by atoms with Gasteiger partial charge in [-0.15, -0.1) is 8.42 Å². The molecular weight excluding hydrogens is 501 g/mol. The number of sulfonamides is 1. The third-order valence-electron chi connectivity index (χ3n) is 5.78. The van der Waals surface area contributed by atoms with Crippen molar-refractivity contribution >= 4 is 21.4 Å². The van der Waals surface area contributed by atoms with Crippen LogP contribution in [0.25, 0.3) is 4.25 Å². The van der Waals surface area contributed by atoms with Gasteiger partial charge in [-0.3, -0.25) is 4.68 Å². The van der Waals surface area contributed by atoms with Crippen molar-refractivity contribution in [3.05, 3.63) is 65.2 Å². The number of hydrogen-bond acceptors (Lipinski definition) is 7. The molecule has 0 radical (unpaired) electrons. The second-order valence-electron chi connectivity index (χ2n) is 8.29. The number of para-hydroxylation sites is 4. The van der Waals surface area contributed by atoms with E-state index in [0.717, 1.165) is 12.4 Å². The molecule has 1 N–H and O–H groups in total. The predicted molar refractivity (Wildman–Crippen MR) is 122 cm³/mol. The fraction of sp³-hybridized carbons (Fsp3) is 0.304. The highest BCUT2D eigenvalue weighted by Crippen LogP contribution is 2.48. The molecule has 0 aliphatic carbocycles. The van der Waals surface area contributed by atoms with Crippen molar-refractivity contribution in [1.82, 2.24) is 9.78 Å². The number of fused-ring (bicyclic) bond motifs is 2. The number of halogens is 3. The fourth-order valence-electron chi connectivity index (χ4n) is 4.15. The zero-order valence-electron chi connectivity index (χ0n) is 18.5. The van der Waals surface area contributed by atoms with Crippen molar-refractivity contribution in [1.29, 1.82) is 0 Å². The lowest BCUT2D eigenvalue weighted by molar-refractivity contribution is -0.142. The molecule has 13 heteroatoms. The fourth-order valence-corrected chi connectivity index (χ4v) is 4.97. The van der Waals surface area contributed by atoms with E-state index in [1.165, 1.54) is 0 Å². The molecule has 2 aliphatic rings. The second-order valence-corrected chi connectivity index (χ2v) is 9.90. The molecule has 0 saturated carbocycles. The van der Waals surface area contributed by atoms with Crippen LogP contribution in [0.4, 0.5) is 24.5 Å². The Balaban J connectivity index is 1.41. The Morgan fingerprint density at radius 3 is 2.36 bits per heavy atom. The van der Waals surface area contributed by atoms with Crippen LogP contribution in [-0.2, 0) is 21.3 Å². The summed E-state index contributed by atoms with van der Waals surface area (Å²) in [7, 11) is -4.39. The van der Waals surface area contributed by atoms with Gasteiger partial charge in [0, 0.05) is 0 Å². The van der Waals surface area contributed by atoms with Crippen LogP contribution < -0.4 is 9.64 Å². The summed E-state index contributed by atoms with van der Waals surface area (Å²) in [4.78, 5) is 1.36. The van der Waals surface area contributed by atoms with Gasteiger partial charge in [0.1, 0.15) is 12.5 Å². The lowest BCUT2D eigenvalue weighted by atomic mass is 9.93. The van der Waals surface area contributed by atoms with Crippen molar-refractivity contribution in [2.75, 3.05) is 18.1 Å². The number of ether oxygens (including phenoxy) is 2. The van der Waals surface area contributed by atoms with E-state index in [-0.39, 0.29) is 13.2 Å². The Hall–Kier alpha value is -3.60. The van der Waals surface area contributed by atoms with Crippen molar-refractivity contribution < 1.29 is 36.2 Å². The quantitative estimate of drug-likeness (QED) is 0.560. The molecule has 2 aliphatic heterocycles. The van der Waals surface area contributed by atoms with Gasteiger partial charge in [-0.05, 0) is 24.3 Å². The molecule has 1 unspecified atom stereocenters. The Bertz CT molecular complexity index is 1400. The molecule has 36 heavy (non-hydrogen) atoms. The first-order valence-corrected chi connectivity index (χ1v) is 12.3. The smallest absolute Gasteiger partial charge is 0.453 e. The van der Waals surface area contributed by atoms with E-state index >= 15 is 0 Å². The summed E-state index contributed by atoms with van der Waals surface area (Å²) in [6, 6.07) is 16.4. The van der Waals surface area contributed by atoms with E-state index in [9.17, 15) is 26.7 Å². The minimum Gasteiger partial charge on any atom is -0.453 e. The van der Waals surface area contributed by atoms with Crippen LogP contribution in [0, 0.1) is 12.0 Å². The number of benzene rings is 2. The Morgan fingerprint density at radius 1 is 1.08 bits per heavy atom. The van der Waals surface area contributed by atoms with E-state index in [4.69, 9.17) is 9.47 Å². The molecule has 188 valence electrons. The number of alkyl halides is 3. The topological polar surface area (TPSA) is 98.2 Å². The number of aromatic nitrogens is 2. The molecule has 5 rings (SSSR count). The van der Waals surface area contributed by atoms with E-state index in [2.05, 4.69) is 15.4 Å². The normalized spacial score (nSPS) is 21.6. The average Bonchev–Trinajstić information content (AvgIpc) is 3.30. The maximum absolute atomic E-state index is 12.6. The summed E-state index contributed by atoms with van der Waals surface area (Å²) in [5.41, 5.74) is 1.40. The van der Waals surface area contributed by atoms with Gasteiger partial charge in [0.25, 0.3) is 0 Å². The van der Waals surface area contributed by atoms with Crippen molar-refractivity contribution in [2.45, 2.75) is 29.8 Å².